The number of aromatic nitrogens is 1. The van der Waals surface area contributed by atoms with Crippen LogP contribution in [0, 0.1) is 0 Å². The first-order valence-corrected chi connectivity index (χ1v) is 8.23. The highest BCUT2D eigenvalue weighted by Gasteiger charge is 2.10. The molecule has 2 aromatic rings. The number of benzene rings is 1. The summed E-state index contributed by atoms with van der Waals surface area (Å²) >= 11 is 0. The molecule has 26 heavy (non-hydrogen) atoms. The molecule has 2 rings (SSSR count). The largest absolute Gasteiger partial charge is 0.435 e. The second-order valence-electron chi connectivity index (χ2n) is 5.36. The van der Waals surface area contributed by atoms with Crippen molar-refractivity contribution in [3.63, 3.8) is 0 Å². The number of alkyl halides is 2. The summed E-state index contributed by atoms with van der Waals surface area (Å²) in [5.74, 6) is 0.601. The summed E-state index contributed by atoms with van der Waals surface area (Å²) in [7, 11) is 0. The molecule has 0 saturated heterocycles. The third kappa shape index (κ3) is 6.64. The Bertz CT molecular complexity index is 681. The molecule has 0 aliphatic heterocycles. The molecule has 0 saturated carbocycles. The summed E-state index contributed by atoms with van der Waals surface area (Å²) in [6.07, 6.45) is 0.880. The van der Waals surface area contributed by atoms with E-state index in [1.54, 1.807) is 18.3 Å². The first-order valence-electron chi connectivity index (χ1n) is 8.23. The number of pyridine rings is 1. The Kier molecular flexibility index (Phi) is 7.75. The van der Waals surface area contributed by atoms with Crippen molar-refractivity contribution in [2.75, 3.05) is 13.1 Å². The minimum Gasteiger partial charge on any atom is -0.435 e. The molecule has 3 N–H and O–H groups in total. The molecule has 0 aliphatic carbocycles. The quantitative estimate of drug-likeness (QED) is 0.495. The molecular weight excluding hydrogens is 342 g/mol. The number of halogens is 2. The van der Waals surface area contributed by atoms with E-state index in [0.29, 0.717) is 24.6 Å². The molecule has 1 unspecified atom stereocenters. The van der Waals surface area contributed by atoms with Crippen LogP contribution < -0.4 is 15.4 Å². The molecule has 0 fully saturated rings. The Morgan fingerprint density at radius 1 is 1.19 bits per heavy atom. The van der Waals surface area contributed by atoms with Gasteiger partial charge in [-0.25, -0.2) is 4.99 Å². The van der Waals surface area contributed by atoms with Gasteiger partial charge in [0.05, 0.1) is 18.3 Å². The van der Waals surface area contributed by atoms with E-state index in [1.165, 1.54) is 12.1 Å². The van der Waals surface area contributed by atoms with E-state index in [4.69, 9.17) is 0 Å². The fourth-order valence-electron chi connectivity index (χ4n) is 2.18. The zero-order chi connectivity index (χ0) is 18.8. The minimum atomic E-state index is -2.87. The first kappa shape index (κ1) is 19.6. The van der Waals surface area contributed by atoms with Crippen molar-refractivity contribution in [2.24, 2.45) is 4.99 Å². The average Bonchev–Trinajstić information content (AvgIpc) is 2.64. The molecule has 0 amide bonds. The van der Waals surface area contributed by atoms with Crippen LogP contribution in [0.1, 0.15) is 24.3 Å². The lowest BCUT2D eigenvalue weighted by Gasteiger charge is -2.16. The zero-order valence-electron chi connectivity index (χ0n) is 14.4. The second kappa shape index (κ2) is 10.3. The number of guanidine groups is 1. The van der Waals surface area contributed by atoms with Crippen LogP contribution >= 0.6 is 0 Å². The molecular formula is C18H22F2N4O2. The minimum absolute atomic E-state index is 0.0502. The maximum Gasteiger partial charge on any atom is 0.387 e. The van der Waals surface area contributed by atoms with Crippen molar-refractivity contribution < 1.29 is 18.6 Å². The molecule has 0 bridgehead atoms. The van der Waals surface area contributed by atoms with Gasteiger partial charge in [0.1, 0.15) is 5.75 Å². The number of nitrogens with one attached hydrogen (secondary N) is 2. The van der Waals surface area contributed by atoms with E-state index in [9.17, 15) is 13.9 Å². The van der Waals surface area contributed by atoms with Gasteiger partial charge in [0.15, 0.2) is 5.96 Å². The molecule has 0 spiro atoms. The van der Waals surface area contributed by atoms with Crippen molar-refractivity contribution >= 4 is 5.96 Å². The Labute approximate surface area is 150 Å². The number of aliphatic imine (C=N–C) groups is 1. The second-order valence-corrected chi connectivity index (χ2v) is 5.36. The van der Waals surface area contributed by atoms with Gasteiger partial charge in [-0.2, -0.15) is 8.78 Å². The average molecular weight is 364 g/mol. The van der Waals surface area contributed by atoms with Gasteiger partial charge >= 0.3 is 6.61 Å². The van der Waals surface area contributed by atoms with Crippen LogP contribution in [0.5, 0.6) is 5.75 Å². The van der Waals surface area contributed by atoms with Gasteiger partial charge < -0.3 is 20.5 Å². The summed E-state index contributed by atoms with van der Waals surface area (Å²) < 4.78 is 28.6. The van der Waals surface area contributed by atoms with E-state index in [1.807, 2.05) is 25.1 Å². The number of aliphatic hydroxyl groups excluding tert-OH is 1. The summed E-state index contributed by atoms with van der Waals surface area (Å²) in [5.41, 5.74) is 1.42. The van der Waals surface area contributed by atoms with E-state index < -0.39 is 12.7 Å². The van der Waals surface area contributed by atoms with Crippen molar-refractivity contribution in [3.8, 4) is 5.75 Å². The molecule has 1 aromatic carbocycles. The summed E-state index contributed by atoms with van der Waals surface area (Å²) in [6, 6.07) is 11.5. The highest BCUT2D eigenvalue weighted by atomic mass is 19.3. The zero-order valence-corrected chi connectivity index (χ0v) is 14.4. The highest BCUT2D eigenvalue weighted by Crippen LogP contribution is 2.18. The van der Waals surface area contributed by atoms with E-state index in [2.05, 4.69) is 25.3 Å². The van der Waals surface area contributed by atoms with Crippen molar-refractivity contribution in [1.82, 2.24) is 15.6 Å². The van der Waals surface area contributed by atoms with Crippen molar-refractivity contribution in [1.29, 1.82) is 0 Å². The first-order chi connectivity index (χ1) is 12.6. The number of hydrogen-bond acceptors (Lipinski definition) is 4. The normalized spacial score (nSPS) is 12.7. The Morgan fingerprint density at radius 3 is 2.58 bits per heavy atom. The molecule has 1 heterocycles. The molecule has 1 atom stereocenters. The number of aliphatic hydroxyl groups is 1. The summed E-state index contributed by atoms with van der Waals surface area (Å²) in [5, 5.41) is 16.4. The molecule has 8 heteroatoms. The number of ether oxygens (including phenoxy) is 1. The molecule has 6 nitrogen and oxygen atoms in total. The monoisotopic (exact) mass is 364 g/mol. The van der Waals surface area contributed by atoms with Crippen LogP contribution in [0.25, 0.3) is 0 Å². The van der Waals surface area contributed by atoms with E-state index >= 15 is 0 Å². The number of rotatable bonds is 8. The van der Waals surface area contributed by atoms with Crippen LogP contribution in [-0.2, 0) is 6.54 Å². The SMILES string of the molecule is CCNC(=NCc1ccccn1)NCC(O)c1ccc(OC(F)F)cc1. The third-order valence-electron chi connectivity index (χ3n) is 3.42. The topological polar surface area (TPSA) is 78.8 Å². The lowest BCUT2D eigenvalue weighted by Crippen LogP contribution is -2.39. The Hall–Kier alpha value is -2.74. The molecule has 0 aliphatic rings. The van der Waals surface area contributed by atoms with Crippen LogP contribution in [0.15, 0.2) is 53.7 Å². The predicted octanol–water partition coefficient (Wildman–Crippen LogP) is 2.47. The Morgan fingerprint density at radius 2 is 1.96 bits per heavy atom. The van der Waals surface area contributed by atoms with Gasteiger partial charge in [-0.3, -0.25) is 4.98 Å². The van der Waals surface area contributed by atoms with Gasteiger partial charge in [0, 0.05) is 19.3 Å². The van der Waals surface area contributed by atoms with Crippen LogP contribution in [0.3, 0.4) is 0 Å². The van der Waals surface area contributed by atoms with Crippen molar-refractivity contribution in [3.05, 3.63) is 59.9 Å². The van der Waals surface area contributed by atoms with Crippen LogP contribution in [0.4, 0.5) is 8.78 Å². The number of hydrogen-bond donors (Lipinski definition) is 3. The van der Waals surface area contributed by atoms with E-state index in [-0.39, 0.29) is 12.3 Å². The number of nitrogens with zero attached hydrogens (tertiary/aromatic N) is 2. The van der Waals surface area contributed by atoms with Gasteiger partial charge in [-0.15, -0.1) is 0 Å². The lowest BCUT2D eigenvalue weighted by molar-refractivity contribution is -0.0498. The van der Waals surface area contributed by atoms with Crippen molar-refractivity contribution in [2.45, 2.75) is 26.2 Å². The summed E-state index contributed by atoms with van der Waals surface area (Å²) in [6.45, 7) is 0.361. The lowest BCUT2D eigenvalue weighted by atomic mass is 10.1. The van der Waals surface area contributed by atoms with Gasteiger partial charge in [-0.05, 0) is 36.8 Å². The fourth-order valence-corrected chi connectivity index (χ4v) is 2.18. The van der Waals surface area contributed by atoms with Gasteiger partial charge in [0.2, 0.25) is 0 Å². The molecule has 140 valence electrons. The Balaban J connectivity index is 1.90. The molecule has 1 aromatic heterocycles. The third-order valence-corrected chi connectivity index (χ3v) is 3.42. The van der Waals surface area contributed by atoms with Crippen LogP contribution in [0.2, 0.25) is 0 Å². The van der Waals surface area contributed by atoms with Gasteiger partial charge in [0.25, 0.3) is 0 Å². The van der Waals surface area contributed by atoms with Crippen LogP contribution in [-0.4, -0.2) is 35.8 Å². The maximum absolute atomic E-state index is 12.2. The molecule has 0 radical (unpaired) electrons. The standard InChI is InChI=1S/C18H22F2N4O2/c1-2-21-18(23-11-14-5-3-4-10-22-14)24-12-16(25)13-6-8-15(9-7-13)26-17(19)20/h3-10,16-17,25H,2,11-12H2,1H3,(H2,21,23,24). The smallest absolute Gasteiger partial charge is 0.387 e. The fraction of sp³-hybridized carbons (Fsp3) is 0.333. The predicted molar refractivity (Wildman–Crippen MR) is 95.1 cm³/mol. The highest BCUT2D eigenvalue weighted by molar-refractivity contribution is 5.79. The maximum atomic E-state index is 12.2. The van der Waals surface area contributed by atoms with Gasteiger partial charge in [-0.1, -0.05) is 18.2 Å². The summed E-state index contributed by atoms with van der Waals surface area (Å²) in [4.78, 5) is 8.62. The van der Waals surface area contributed by atoms with E-state index in [0.717, 1.165) is 5.69 Å².